The number of amides is 1. The molecule has 3 N–H and O–H groups in total. The largest absolute Gasteiger partial charge is 0.377 e. The Kier molecular flexibility index (Phi) is 5.71. The predicted octanol–water partition coefficient (Wildman–Crippen LogP) is 0.583. The van der Waals surface area contributed by atoms with Gasteiger partial charge in [0, 0.05) is 13.2 Å². The van der Waals surface area contributed by atoms with Crippen LogP contribution in [0, 0.1) is 0 Å². The summed E-state index contributed by atoms with van der Waals surface area (Å²) in [6.45, 7) is 1.88. The Bertz CT molecular complexity index is 556. The number of nitrogens with two attached hydrogens (primary N) is 1. The van der Waals surface area contributed by atoms with Crippen LogP contribution in [0.3, 0.4) is 0 Å². The van der Waals surface area contributed by atoms with E-state index in [1.54, 1.807) is 0 Å². The minimum Gasteiger partial charge on any atom is -0.377 e. The molecule has 21 heavy (non-hydrogen) atoms. The summed E-state index contributed by atoms with van der Waals surface area (Å²) in [6.07, 6.45) is 2.19. The van der Waals surface area contributed by atoms with Crippen LogP contribution < -0.4 is 11.1 Å². The van der Waals surface area contributed by atoms with E-state index in [2.05, 4.69) is 15.4 Å². The first-order valence-electron chi connectivity index (χ1n) is 6.77. The molecule has 112 valence electrons. The number of hydrogen-bond acceptors (Lipinski definition) is 5. The third kappa shape index (κ3) is 5.62. The first-order chi connectivity index (χ1) is 10.2. The van der Waals surface area contributed by atoms with Gasteiger partial charge in [0.25, 0.3) is 0 Å². The second-order valence-electron chi connectivity index (χ2n) is 4.54. The van der Waals surface area contributed by atoms with Gasteiger partial charge in [-0.25, -0.2) is 9.67 Å². The van der Waals surface area contributed by atoms with E-state index in [0.717, 1.165) is 12.0 Å². The van der Waals surface area contributed by atoms with Crippen molar-refractivity contribution in [2.75, 3.05) is 18.9 Å². The summed E-state index contributed by atoms with van der Waals surface area (Å²) < 4.78 is 6.93. The average Bonchev–Trinajstić information content (AvgIpc) is 2.89. The minimum atomic E-state index is -0.122. The van der Waals surface area contributed by atoms with Crippen LogP contribution in [0.1, 0.15) is 12.0 Å². The van der Waals surface area contributed by atoms with Crippen LogP contribution in [-0.2, 0) is 22.7 Å². The average molecular weight is 289 g/mol. The van der Waals surface area contributed by atoms with Gasteiger partial charge in [-0.15, -0.1) is 5.10 Å². The number of aromatic nitrogens is 3. The highest BCUT2D eigenvalue weighted by Gasteiger charge is 2.03. The lowest BCUT2D eigenvalue weighted by atomic mass is 10.2. The van der Waals surface area contributed by atoms with Crippen molar-refractivity contribution in [2.45, 2.75) is 19.6 Å². The van der Waals surface area contributed by atoms with Gasteiger partial charge >= 0.3 is 0 Å². The Labute approximate surface area is 123 Å². The van der Waals surface area contributed by atoms with Crippen molar-refractivity contribution < 1.29 is 9.53 Å². The lowest BCUT2D eigenvalue weighted by Gasteiger charge is -2.06. The van der Waals surface area contributed by atoms with Crippen LogP contribution >= 0.6 is 0 Å². The minimum absolute atomic E-state index is 0.120. The summed E-state index contributed by atoms with van der Waals surface area (Å²) in [5, 5.41) is 6.63. The van der Waals surface area contributed by atoms with Crippen molar-refractivity contribution in [1.29, 1.82) is 0 Å². The zero-order valence-corrected chi connectivity index (χ0v) is 11.7. The molecular formula is C14H19N5O2. The number of nitrogens with zero attached hydrogens (tertiary/aromatic N) is 3. The Hall–Kier alpha value is -2.41. The smallest absolute Gasteiger partial charge is 0.241 e. The molecule has 1 aromatic carbocycles. The van der Waals surface area contributed by atoms with E-state index in [-0.39, 0.29) is 18.4 Å². The van der Waals surface area contributed by atoms with E-state index in [1.165, 1.54) is 11.0 Å². The van der Waals surface area contributed by atoms with Crippen molar-refractivity contribution in [3.8, 4) is 0 Å². The molecule has 0 atom stereocenters. The Balaban J connectivity index is 1.52. The van der Waals surface area contributed by atoms with Crippen LogP contribution in [0.25, 0.3) is 0 Å². The third-order valence-electron chi connectivity index (χ3n) is 2.76. The van der Waals surface area contributed by atoms with Gasteiger partial charge in [-0.05, 0) is 12.0 Å². The van der Waals surface area contributed by atoms with Gasteiger partial charge in [-0.3, -0.25) is 4.79 Å². The fraction of sp³-hybridized carbons (Fsp3) is 0.357. The van der Waals surface area contributed by atoms with Crippen molar-refractivity contribution in [3.05, 3.63) is 42.2 Å². The molecule has 0 saturated heterocycles. The number of rotatable bonds is 8. The number of nitrogen functional groups attached to an aromatic ring is 1. The summed E-state index contributed by atoms with van der Waals surface area (Å²) in [7, 11) is 0. The molecule has 2 rings (SSSR count). The van der Waals surface area contributed by atoms with Crippen molar-refractivity contribution in [1.82, 2.24) is 20.1 Å². The van der Waals surface area contributed by atoms with E-state index in [4.69, 9.17) is 10.5 Å². The van der Waals surface area contributed by atoms with Crippen LogP contribution in [0.2, 0.25) is 0 Å². The summed E-state index contributed by atoms with van der Waals surface area (Å²) in [4.78, 5) is 15.3. The molecule has 1 heterocycles. The molecule has 0 spiro atoms. The Morgan fingerprint density at radius 3 is 2.86 bits per heavy atom. The monoisotopic (exact) mass is 289 g/mol. The van der Waals surface area contributed by atoms with Crippen LogP contribution in [-0.4, -0.2) is 33.8 Å². The maximum atomic E-state index is 11.6. The van der Waals surface area contributed by atoms with Gasteiger partial charge in [0.1, 0.15) is 12.9 Å². The molecule has 0 saturated carbocycles. The standard InChI is InChI=1S/C14H19N5O2/c15-14-17-11-19(18-14)9-13(20)16-7-4-8-21-10-12-5-2-1-3-6-12/h1-3,5-6,11H,4,7-10H2,(H2,15,18)(H,16,20). The number of carbonyl (C=O) groups is 1. The zero-order valence-electron chi connectivity index (χ0n) is 11.7. The zero-order chi connectivity index (χ0) is 14.9. The SMILES string of the molecule is Nc1ncn(CC(=O)NCCCOCc2ccccc2)n1. The maximum Gasteiger partial charge on any atom is 0.241 e. The maximum absolute atomic E-state index is 11.6. The highest BCUT2D eigenvalue weighted by Crippen LogP contribution is 2.00. The number of ether oxygens (including phenoxy) is 1. The molecule has 0 aliphatic carbocycles. The number of anilines is 1. The van der Waals surface area contributed by atoms with E-state index >= 15 is 0 Å². The normalized spacial score (nSPS) is 10.5. The molecule has 0 radical (unpaired) electrons. The third-order valence-corrected chi connectivity index (χ3v) is 2.76. The van der Waals surface area contributed by atoms with E-state index in [9.17, 15) is 4.79 Å². The lowest BCUT2D eigenvalue weighted by molar-refractivity contribution is -0.121. The second-order valence-corrected chi connectivity index (χ2v) is 4.54. The lowest BCUT2D eigenvalue weighted by Crippen LogP contribution is -2.29. The van der Waals surface area contributed by atoms with Crippen molar-refractivity contribution in [2.24, 2.45) is 0 Å². The molecule has 0 aliphatic rings. The highest BCUT2D eigenvalue weighted by atomic mass is 16.5. The Morgan fingerprint density at radius 2 is 2.14 bits per heavy atom. The van der Waals surface area contributed by atoms with Gasteiger partial charge < -0.3 is 15.8 Å². The van der Waals surface area contributed by atoms with E-state index < -0.39 is 0 Å². The van der Waals surface area contributed by atoms with E-state index in [0.29, 0.717) is 19.8 Å². The highest BCUT2D eigenvalue weighted by molar-refractivity contribution is 5.75. The van der Waals surface area contributed by atoms with E-state index in [1.807, 2.05) is 30.3 Å². The first kappa shape index (κ1) is 15.0. The fourth-order valence-electron chi connectivity index (χ4n) is 1.75. The predicted molar refractivity (Wildman–Crippen MR) is 78.2 cm³/mol. The van der Waals surface area contributed by atoms with Crippen LogP contribution in [0.5, 0.6) is 0 Å². The van der Waals surface area contributed by atoms with Gasteiger partial charge in [0.15, 0.2) is 0 Å². The molecule has 2 aromatic rings. The Morgan fingerprint density at radius 1 is 1.33 bits per heavy atom. The summed E-state index contributed by atoms with van der Waals surface area (Å²) >= 11 is 0. The molecule has 0 fully saturated rings. The molecular weight excluding hydrogens is 270 g/mol. The summed E-state index contributed by atoms with van der Waals surface area (Å²) in [5.41, 5.74) is 6.51. The quantitative estimate of drug-likeness (QED) is 0.693. The molecule has 7 nitrogen and oxygen atoms in total. The molecule has 0 bridgehead atoms. The number of benzene rings is 1. The van der Waals surface area contributed by atoms with Crippen molar-refractivity contribution >= 4 is 11.9 Å². The summed E-state index contributed by atoms with van der Waals surface area (Å²) in [5.74, 6) is 0.0417. The first-order valence-corrected chi connectivity index (χ1v) is 6.77. The van der Waals surface area contributed by atoms with Gasteiger partial charge in [0.2, 0.25) is 11.9 Å². The topological polar surface area (TPSA) is 95.1 Å². The molecule has 1 amide bonds. The fourth-order valence-corrected chi connectivity index (χ4v) is 1.75. The number of carbonyl (C=O) groups excluding carboxylic acids is 1. The number of nitrogens with one attached hydrogen (secondary N) is 1. The number of hydrogen-bond donors (Lipinski definition) is 2. The van der Waals surface area contributed by atoms with Crippen LogP contribution in [0.4, 0.5) is 5.95 Å². The van der Waals surface area contributed by atoms with Crippen LogP contribution in [0.15, 0.2) is 36.7 Å². The van der Waals surface area contributed by atoms with Gasteiger partial charge in [-0.1, -0.05) is 30.3 Å². The molecule has 7 heteroatoms. The summed E-state index contributed by atoms with van der Waals surface area (Å²) in [6, 6.07) is 9.98. The molecule has 1 aromatic heterocycles. The molecule has 0 unspecified atom stereocenters. The molecule has 0 aliphatic heterocycles. The van der Waals surface area contributed by atoms with Gasteiger partial charge in [0.05, 0.1) is 6.61 Å². The van der Waals surface area contributed by atoms with Crippen molar-refractivity contribution in [3.63, 3.8) is 0 Å². The second kappa shape index (κ2) is 8.01. The van der Waals surface area contributed by atoms with Gasteiger partial charge in [-0.2, -0.15) is 0 Å².